The molecule has 0 radical (unpaired) electrons. The average molecular weight is 452 g/mol. The van der Waals surface area contributed by atoms with Crippen molar-refractivity contribution in [2.24, 2.45) is 5.14 Å². The smallest absolute Gasteiger partial charge is 0.287 e. The van der Waals surface area contributed by atoms with Gasteiger partial charge in [-0.05, 0) is 30.2 Å². The molecule has 164 valence electrons. The molecule has 3 N–H and O–H groups in total. The average Bonchev–Trinajstić information content (AvgIpc) is 2.77. The molecule has 0 saturated heterocycles. The van der Waals surface area contributed by atoms with Crippen LogP contribution < -0.4 is 20.9 Å². The molecule has 0 spiro atoms. The fourth-order valence-electron chi connectivity index (χ4n) is 3.26. The maximum absolute atomic E-state index is 12.8. The number of aryl methyl sites for hydroxylation is 1. The van der Waals surface area contributed by atoms with E-state index in [0.717, 1.165) is 11.1 Å². The van der Waals surface area contributed by atoms with Crippen molar-refractivity contribution in [1.29, 1.82) is 0 Å². The molecule has 0 aliphatic rings. The third kappa shape index (κ3) is 4.61. The first-order chi connectivity index (χ1) is 15.3. The number of fused-ring (bicyclic) bond motifs is 1. The van der Waals surface area contributed by atoms with Gasteiger partial charge in [-0.15, -0.1) is 4.73 Å². The second-order valence-corrected chi connectivity index (χ2v) is 8.71. The van der Waals surface area contributed by atoms with Gasteiger partial charge in [0.15, 0.2) is 5.65 Å². The Hall–Kier alpha value is -3.76. The number of benzene rings is 2. The zero-order valence-electron chi connectivity index (χ0n) is 17.2. The van der Waals surface area contributed by atoms with Crippen LogP contribution in [0.5, 0.6) is 0 Å². The molecule has 2 heterocycles. The minimum absolute atomic E-state index is 0.0362. The van der Waals surface area contributed by atoms with E-state index in [2.05, 4.69) is 15.3 Å². The first-order valence-electron chi connectivity index (χ1n) is 9.73. The topological polar surface area (TPSA) is 129 Å². The Morgan fingerprint density at radius 2 is 1.75 bits per heavy atom. The van der Waals surface area contributed by atoms with Gasteiger partial charge in [-0.1, -0.05) is 42.5 Å². The molecule has 10 heteroatoms. The van der Waals surface area contributed by atoms with Crippen molar-refractivity contribution in [3.8, 4) is 0 Å². The lowest BCUT2D eigenvalue weighted by atomic mass is 10.2. The molecule has 0 amide bonds. The van der Waals surface area contributed by atoms with Gasteiger partial charge in [0.2, 0.25) is 10.0 Å². The minimum Gasteiger partial charge on any atom is -0.404 e. The van der Waals surface area contributed by atoms with E-state index >= 15 is 0 Å². The summed E-state index contributed by atoms with van der Waals surface area (Å²) >= 11 is 0. The number of nitrogens with one attached hydrogen (secondary N) is 1. The van der Waals surface area contributed by atoms with E-state index in [4.69, 9.17) is 9.98 Å². The first-order valence-corrected chi connectivity index (χ1v) is 11.3. The number of pyridine rings is 1. The Balaban J connectivity index is 1.63. The molecule has 9 nitrogen and oxygen atoms in total. The minimum atomic E-state index is -3.75. The summed E-state index contributed by atoms with van der Waals surface area (Å²) in [5, 5.41) is 9.01. The third-order valence-electron chi connectivity index (χ3n) is 4.88. The van der Waals surface area contributed by atoms with Crippen molar-refractivity contribution in [3.63, 3.8) is 0 Å². The Kier molecular flexibility index (Phi) is 5.89. The van der Waals surface area contributed by atoms with Crippen LogP contribution >= 0.6 is 0 Å². The highest BCUT2D eigenvalue weighted by molar-refractivity contribution is 7.89. The van der Waals surface area contributed by atoms with Gasteiger partial charge in [-0.25, -0.2) is 23.5 Å². The molecule has 2 aromatic heterocycles. The summed E-state index contributed by atoms with van der Waals surface area (Å²) in [5.41, 5.74) is 2.94. The van der Waals surface area contributed by atoms with E-state index in [0.29, 0.717) is 29.0 Å². The van der Waals surface area contributed by atoms with E-state index in [-0.39, 0.29) is 17.1 Å². The van der Waals surface area contributed by atoms with Crippen LogP contribution in [0.15, 0.2) is 76.7 Å². The van der Waals surface area contributed by atoms with E-state index < -0.39 is 10.0 Å². The van der Waals surface area contributed by atoms with Gasteiger partial charge < -0.3 is 10.2 Å². The highest BCUT2D eigenvalue weighted by atomic mass is 32.2. The second-order valence-electron chi connectivity index (χ2n) is 7.15. The summed E-state index contributed by atoms with van der Waals surface area (Å²) in [4.78, 5) is 27.1. The molecule has 0 atom stereocenters. The largest absolute Gasteiger partial charge is 0.404 e. The quantitative estimate of drug-likeness (QED) is 0.439. The Morgan fingerprint density at radius 3 is 2.44 bits per heavy atom. The van der Waals surface area contributed by atoms with Crippen molar-refractivity contribution in [2.75, 3.05) is 5.32 Å². The maximum atomic E-state index is 12.8. The zero-order chi connectivity index (χ0) is 22.7. The van der Waals surface area contributed by atoms with Crippen molar-refractivity contribution >= 4 is 26.7 Å². The van der Waals surface area contributed by atoms with Crippen LogP contribution in [0.1, 0.15) is 16.8 Å². The first kappa shape index (κ1) is 21.5. The number of nitrogens with zero attached hydrogens (tertiary/aromatic N) is 3. The van der Waals surface area contributed by atoms with Gasteiger partial charge in [0, 0.05) is 12.6 Å². The summed E-state index contributed by atoms with van der Waals surface area (Å²) in [6.07, 6.45) is 1.38. The van der Waals surface area contributed by atoms with E-state index in [9.17, 15) is 13.2 Å². The van der Waals surface area contributed by atoms with Crippen molar-refractivity contribution < 1.29 is 13.3 Å². The number of anilines is 1. The molecular weight excluding hydrogens is 430 g/mol. The predicted octanol–water partition coefficient (Wildman–Crippen LogP) is 1.99. The number of aromatic nitrogens is 3. The third-order valence-corrected chi connectivity index (χ3v) is 5.81. The van der Waals surface area contributed by atoms with Gasteiger partial charge in [0.1, 0.15) is 12.9 Å². The standard InChI is InChI=1S/C22H21N5O4S/c1-15-21-19(24-12-16-7-9-18(10-8-16)32(23,29)30)11-20(28)27(22(21)26-14-25-15)31-13-17-5-3-2-4-6-17/h2-11,14,24H,12-13H2,1H3,(H2,23,29,30). The molecule has 0 aliphatic heterocycles. The number of sulfonamides is 1. The maximum Gasteiger partial charge on any atom is 0.287 e. The summed E-state index contributed by atoms with van der Waals surface area (Å²) in [6, 6.07) is 17.1. The van der Waals surface area contributed by atoms with Gasteiger partial charge in [-0.3, -0.25) is 4.79 Å². The SMILES string of the molecule is Cc1ncnc2c1c(NCc1ccc(S(N)(=O)=O)cc1)cc(=O)n2OCc1ccccc1. The lowest BCUT2D eigenvalue weighted by Crippen LogP contribution is -2.28. The van der Waals surface area contributed by atoms with E-state index in [1.165, 1.54) is 29.3 Å². The Morgan fingerprint density at radius 1 is 1.03 bits per heavy atom. The lowest BCUT2D eigenvalue weighted by molar-refractivity contribution is 0.0979. The van der Waals surface area contributed by atoms with Gasteiger partial charge in [0.25, 0.3) is 5.56 Å². The van der Waals surface area contributed by atoms with Gasteiger partial charge in [0.05, 0.1) is 21.7 Å². The molecule has 4 aromatic rings. The van der Waals surface area contributed by atoms with Crippen LogP contribution in [-0.4, -0.2) is 23.1 Å². The van der Waals surface area contributed by atoms with Crippen molar-refractivity contribution in [1.82, 2.24) is 14.7 Å². The highest BCUT2D eigenvalue weighted by Crippen LogP contribution is 2.23. The van der Waals surface area contributed by atoms with Crippen molar-refractivity contribution in [3.05, 3.63) is 94.2 Å². The predicted molar refractivity (Wildman–Crippen MR) is 120 cm³/mol. The van der Waals surface area contributed by atoms with E-state index in [1.54, 1.807) is 12.1 Å². The van der Waals surface area contributed by atoms with Crippen LogP contribution in [0.2, 0.25) is 0 Å². The molecule has 4 rings (SSSR count). The molecule has 2 aromatic carbocycles. The zero-order valence-corrected chi connectivity index (χ0v) is 18.0. The fourth-order valence-corrected chi connectivity index (χ4v) is 3.78. The Labute approximate surface area is 184 Å². The van der Waals surface area contributed by atoms with E-state index in [1.807, 2.05) is 37.3 Å². The highest BCUT2D eigenvalue weighted by Gasteiger charge is 2.14. The summed E-state index contributed by atoms with van der Waals surface area (Å²) in [7, 11) is -3.75. The van der Waals surface area contributed by atoms with Gasteiger partial charge in [-0.2, -0.15) is 0 Å². The van der Waals surface area contributed by atoms with Gasteiger partial charge >= 0.3 is 0 Å². The molecule has 0 bridgehead atoms. The van der Waals surface area contributed by atoms with Crippen molar-refractivity contribution in [2.45, 2.75) is 25.0 Å². The second kappa shape index (κ2) is 8.77. The summed E-state index contributed by atoms with van der Waals surface area (Å²) in [5.74, 6) is 0. The number of hydrogen-bond acceptors (Lipinski definition) is 7. The number of primary sulfonamides is 1. The molecule has 0 aliphatic carbocycles. The molecule has 0 fully saturated rings. The van der Waals surface area contributed by atoms with Crippen LogP contribution in [0.4, 0.5) is 5.69 Å². The molecular formula is C22H21N5O4S. The Bertz CT molecular complexity index is 1420. The van der Waals surface area contributed by atoms with Crippen LogP contribution in [0, 0.1) is 6.92 Å². The summed E-state index contributed by atoms with van der Waals surface area (Å²) in [6.45, 7) is 2.38. The number of rotatable bonds is 7. The molecule has 0 unspecified atom stereocenters. The monoisotopic (exact) mass is 451 g/mol. The summed E-state index contributed by atoms with van der Waals surface area (Å²) < 4.78 is 24.0. The number of nitrogens with two attached hydrogens (primary N) is 1. The fraction of sp³-hybridized carbons (Fsp3) is 0.136. The molecule has 0 saturated carbocycles. The van der Waals surface area contributed by atoms with Crippen LogP contribution in [0.25, 0.3) is 11.0 Å². The normalized spacial score (nSPS) is 11.4. The van der Waals surface area contributed by atoms with Crippen LogP contribution in [-0.2, 0) is 23.2 Å². The number of hydrogen-bond donors (Lipinski definition) is 2. The lowest BCUT2D eigenvalue weighted by Gasteiger charge is -2.15. The molecule has 32 heavy (non-hydrogen) atoms. The van der Waals surface area contributed by atoms with Crippen LogP contribution in [0.3, 0.4) is 0 Å².